The van der Waals surface area contributed by atoms with Crippen molar-refractivity contribution in [2.24, 2.45) is 0 Å². The minimum absolute atomic E-state index is 0.924. The van der Waals surface area contributed by atoms with E-state index in [-0.39, 0.29) is 0 Å². The summed E-state index contributed by atoms with van der Waals surface area (Å²) in [5, 5.41) is 0. The Balaban J connectivity index is 0.00000216. The van der Waals surface area contributed by atoms with Gasteiger partial charge in [0.2, 0.25) is 11.4 Å². The summed E-state index contributed by atoms with van der Waals surface area (Å²) >= 11 is 6.00. The van der Waals surface area contributed by atoms with Crippen LogP contribution in [-0.4, -0.2) is 4.70 Å². The van der Waals surface area contributed by atoms with Gasteiger partial charge in [0.05, 0.1) is 0 Å². The van der Waals surface area contributed by atoms with E-state index in [1.807, 2.05) is 0 Å². The Kier molecular flexibility index (Phi) is 19.3. The summed E-state index contributed by atoms with van der Waals surface area (Å²) in [7, 11) is 1.25. The molecule has 0 radical (unpaired) electrons. The summed E-state index contributed by atoms with van der Waals surface area (Å²) in [6.45, 7) is 15.7. The van der Waals surface area contributed by atoms with Gasteiger partial charge in [-0.25, -0.2) is 4.70 Å². The number of aryl methyl sites for hydroxylation is 4. The number of nitrogens with zero attached hydrogens (tertiary/aromatic N) is 2. The molecule has 0 aliphatic carbocycles. The van der Waals surface area contributed by atoms with Gasteiger partial charge in [-0.15, -0.1) is 0 Å². The fraction of sp³-hybridized carbons (Fsp3) is 0.590. The molecule has 3 rings (SSSR count). The van der Waals surface area contributed by atoms with E-state index in [0.29, 0.717) is 0 Å². The predicted octanol–water partition coefficient (Wildman–Crippen LogP) is 13.9. The molecule has 2 nitrogen and oxygen atoms in total. The number of allylic oxidation sites excluding steroid dienone is 2. The second kappa shape index (κ2) is 21.7. The van der Waals surface area contributed by atoms with Crippen LogP contribution in [0.2, 0.25) is 0 Å². The molecule has 1 aliphatic heterocycles. The molecule has 0 atom stereocenters. The Bertz CT molecular complexity index is 1210. The third-order valence-corrected chi connectivity index (χ3v) is 9.17. The van der Waals surface area contributed by atoms with E-state index >= 15 is 0 Å². The van der Waals surface area contributed by atoms with E-state index in [0.717, 1.165) is 36.2 Å². The molecular formula is C39H58Br2N2Ni. The van der Waals surface area contributed by atoms with Crippen LogP contribution < -0.4 is 0 Å². The summed E-state index contributed by atoms with van der Waals surface area (Å²) in [5.41, 5.74) is 26.0. The molecule has 5 heteroatoms. The number of hydrogen-bond donors (Lipinski definition) is 0. The normalized spacial score (nSPS) is 13.0. The summed E-state index contributed by atoms with van der Waals surface area (Å²) in [4.78, 5) is 0. The Labute approximate surface area is 290 Å². The van der Waals surface area contributed by atoms with E-state index in [1.165, 1.54) is 138 Å². The zero-order valence-electron chi connectivity index (χ0n) is 28.7. The van der Waals surface area contributed by atoms with Crippen LogP contribution >= 0.6 is 28.5 Å². The van der Waals surface area contributed by atoms with Crippen molar-refractivity contribution in [3.8, 4) is 0 Å². The van der Waals surface area contributed by atoms with Crippen LogP contribution in [0.15, 0.2) is 35.9 Å². The van der Waals surface area contributed by atoms with Crippen molar-refractivity contribution in [3.63, 3.8) is 0 Å². The fourth-order valence-electron chi connectivity index (χ4n) is 6.32. The molecule has 1 aliphatic rings. The molecule has 0 N–H and O–H groups in total. The predicted molar refractivity (Wildman–Crippen MR) is 197 cm³/mol. The number of hydrogen-bond acceptors (Lipinski definition) is 0. The van der Waals surface area contributed by atoms with Gasteiger partial charge in [0.15, 0.2) is 0 Å². The van der Waals surface area contributed by atoms with Crippen molar-refractivity contribution in [2.45, 2.75) is 151 Å². The van der Waals surface area contributed by atoms with Crippen molar-refractivity contribution < 1.29 is 15.6 Å². The van der Waals surface area contributed by atoms with E-state index in [1.54, 1.807) is 5.56 Å². The molecule has 2 aromatic carbocycles. The molecule has 0 spiro atoms. The van der Waals surface area contributed by atoms with Gasteiger partial charge in [-0.3, -0.25) is 0 Å². The monoisotopic (exact) mass is 770 g/mol. The molecule has 0 saturated carbocycles. The first-order valence-electron chi connectivity index (χ1n) is 17.3. The van der Waals surface area contributed by atoms with E-state index in [9.17, 15) is 5.53 Å². The zero-order valence-corrected chi connectivity index (χ0v) is 32.8. The Morgan fingerprint density at radius 1 is 0.614 bits per heavy atom. The Hall–Kier alpha value is -1.03. The summed E-state index contributed by atoms with van der Waals surface area (Å²) in [6.07, 6.45) is 21.7. The van der Waals surface area contributed by atoms with Crippen LogP contribution in [0, 0.1) is 20.8 Å². The molecule has 1 heterocycles. The van der Waals surface area contributed by atoms with Crippen LogP contribution in [0.1, 0.15) is 156 Å². The number of halogens is 2. The fourth-order valence-corrected chi connectivity index (χ4v) is 6.32. The van der Waals surface area contributed by atoms with Crippen LogP contribution in [0.4, 0.5) is 0 Å². The van der Waals surface area contributed by atoms with Gasteiger partial charge in [-0.1, -0.05) is 79.1 Å². The minimum atomic E-state index is 0.924. The van der Waals surface area contributed by atoms with Crippen LogP contribution in [-0.2, 0) is 30.2 Å². The third-order valence-electron chi connectivity index (χ3n) is 9.17. The van der Waals surface area contributed by atoms with E-state index in [2.05, 4.69) is 107 Å². The summed E-state index contributed by atoms with van der Waals surface area (Å²) < 4.78 is 1.53. The molecule has 0 fully saturated rings. The van der Waals surface area contributed by atoms with Crippen LogP contribution in [0.5, 0.6) is 0 Å². The standard InChI is InChI=1S/C39H58N2.2BrH.Ni/c1-8-12-16-17-18-19-22-34-28-38(35-24-29(5)31(7)30(6)25-35)41(40)39(34)36-26-32(20-13-9-2)37(23-15-11-4)33(27-36)21-14-10-3;;;/h24-28H,8-23H2,1-7H3;2*1H;/q;;;+2/p-2. The van der Waals surface area contributed by atoms with Gasteiger partial charge in [-0.2, -0.15) is 0 Å². The quantitative estimate of drug-likeness (QED) is 0.0819. The SMILES string of the molecule is CCCCCCCCC1=C(c2cc(CCCC)c(CCCC)c(CCCC)c2)[N+](=[N-])C(c2cc(C)c(C)c(C)c2)=C1.[Br][Ni][Br]. The first kappa shape index (κ1) is 39.2. The molecule has 0 bridgehead atoms. The summed E-state index contributed by atoms with van der Waals surface area (Å²) in [6, 6.07) is 9.38. The maximum atomic E-state index is 11.9. The second-order valence-electron chi connectivity index (χ2n) is 12.6. The molecule has 0 amide bonds. The van der Waals surface area contributed by atoms with Crippen LogP contribution in [0.3, 0.4) is 0 Å². The van der Waals surface area contributed by atoms with E-state index in [4.69, 9.17) is 0 Å². The van der Waals surface area contributed by atoms with Crippen molar-refractivity contribution in [1.82, 2.24) is 0 Å². The molecular weight excluding hydrogens is 715 g/mol. The number of unbranched alkanes of at least 4 members (excludes halogenated alkanes) is 8. The van der Waals surface area contributed by atoms with Gasteiger partial charge >= 0.3 is 39.3 Å². The first-order chi connectivity index (χ1) is 21.3. The topological polar surface area (TPSA) is 25.3 Å². The van der Waals surface area contributed by atoms with Crippen molar-refractivity contribution >= 4 is 39.8 Å². The number of benzene rings is 2. The van der Waals surface area contributed by atoms with Crippen LogP contribution in [0.25, 0.3) is 16.9 Å². The van der Waals surface area contributed by atoms with Gasteiger partial charge < -0.3 is 5.53 Å². The molecule has 248 valence electrons. The Morgan fingerprint density at radius 2 is 1.09 bits per heavy atom. The van der Waals surface area contributed by atoms with Gasteiger partial charge in [0.25, 0.3) is 0 Å². The number of rotatable bonds is 18. The third kappa shape index (κ3) is 11.6. The molecule has 44 heavy (non-hydrogen) atoms. The van der Waals surface area contributed by atoms with Gasteiger partial charge in [0.1, 0.15) is 0 Å². The van der Waals surface area contributed by atoms with Crippen molar-refractivity contribution in [2.75, 3.05) is 0 Å². The molecule has 0 unspecified atom stereocenters. The second-order valence-corrected chi connectivity index (χ2v) is 17.6. The molecule has 2 aromatic rings. The van der Waals surface area contributed by atoms with Crippen molar-refractivity contribution in [3.05, 3.63) is 86.0 Å². The summed E-state index contributed by atoms with van der Waals surface area (Å²) in [5.74, 6) is 0. The molecule has 0 saturated heterocycles. The Morgan fingerprint density at radius 3 is 1.61 bits per heavy atom. The van der Waals surface area contributed by atoms with Crippen molar-refractivity contribution in [1.29, 1.82) is 0 Å². The average molecular weight is 773 g/mol. The molecule has 0 aromatic heterocycles. The van der Waals surface area contributed by atoms with Gasteiger partial charge in [0, 0.05) is 22.8 Å². The van der Waals surface area contributed by atoms with E-state index < -0.39 is 0 Å². The average Bonchev–Trinajstić information content (AvgIpc) is 3.34. The maximum absolute atomic E-state index is 11.9. The zero-order chi connectivity index (χ0) is 32.5. The first-order valence-corrected chi connectivity index (χ1v) is 22.1. The van der Waals surface area contributed by atoms with Gasteiger partial charge in [-0.05, 0) is 130 Å².